The monoisotopic (exact) mass is 664 g/mol. The van der Waals surface area contributed by atoms with Gasteiger partial charge in [0, 0.05) is 38.0 Å². The Morgan fingerprint density at radius 2 is 0.957 bits per heavy atom. The molecule has 1 saturated heterocycles. The SMILES string of the molecule is CCCCCCCCCCCCCC(=O)N[C@@H]1CCCC[C@H]1NC(=O)CCCCCCCCCCON1CC(C)(C)N([O])C(C)(C)C1. The van der Waals surface area contributed by atoms with Crippen LogP contribution in [0, 0.1) is 0 Å². The molecule has 1 radical (unpaired) electrons. The van der Waals surface area contributed by atoms with Crippen molar-refractivity contribution in [1.82, 2.24) is 20.8 Å². The number of nitrogens with zero attached hydrogens (tertiary/aromatic N) is 2. The molecule has 2 aliphatic rings. The van der Waals surface area contributed by atoms with Gasteiger partial charge in [0.2, 0.25) is 11.8 Å². The third-order valence-corrected chi connectivity index (χ3v) is 10.3. The fraction of sp³-hybridized carbons (Fsp3) is 0.949. The normalized spacial score (nSPS) is 21.5. The fourth-order valence-corrected chi connectivity index (χ4v) is 7.58. The summed E-state index contributed by atoms with van der Waals surface area (Å²) in [5.41, 5.74) is -0.881. The number of nitrogens with one attached hydrogen (secondary N) is 2. The van der Waals surface area contributed by atoms with Gasteiger partial charge in [-0.2, -0.15) is 5.06 Å². The van der Waals surface area contributed by atoms with Crippen LogP contribution in [-0.2, 0) is 19.6 Å². The van der Waals surface area contributed by atoms with Crippen molar-refractivity contribution in [2.24, 2.45) is 0 Å². The number of unbranched alkanes of at least 4 members (excludes halogenated alkanes) is 17. The highest BCUT2D eigenvalue weighted by Crippen LogP contribution is 2.30. The maximum atomic E-state index is 12.7. The van der Waals surface area contributed by atoms with Gasteiger partial charge < -0.3 is 10.6 Å². The highest BCUT2D eigenvalue weighted by atomic mass is 16.7. The van der Waals surface area contributed by atoms with Crippen molar-refractivity contribution in [2.75, 3.05) is 19.7 Å². The lowest BCUT2D eigenvalue weighted by Gasteiger charge is -2.50. The molecule has 275 valence electrons. The standard InChI is InChI=1S/C39H75N4O4/c1-6-7-8-9-10-11-12-13-16-19-22-29-36(44)40-34-27-24-25-28-35(34)41-37(45)30-23-20-17-14-15-18-21-26-31-47-42-32-38(2,3)43(46)39(4,5)33-42/h34-35H,6-33H2,1-5H3,(H,40,44)(H,41,45)/t34-,35-/m1/s1. The molecule has 0 bridgehead atoms. The van der Waals surface area contributed by atoms with Crippen LogP contribution < -0.4 is 10.6 Å². The van der Waals surface area contributed by atoms with Gasteiger partial charge in [0.25, 0.3) is 0 Å². The highest BCUT2D eigenvalue weighted by Gasteiger charge is 2.46. The van der Waals surface area contributed by atoms with Crippen molar-refractivity contribution in [3.05, 3.63) is 0 Å². The third kappa shape index (κ3) is 18.4. The van der Waals surface area contributed by atoms with Crippen LogP contribution in [0.4, 0.5) is 0 Å². The van der Waals surface area contributed by atoms with Gasteiger partial charge in [-0.1, -0.05) is 122 Å². The molecule has 0 aromatic heterocycles. The van der Waals surface area contributed by atoms with Crippen LogP contribution in [0.2, 0.25) is 0 Å². The predicted molar refractivity (Wildman–Crippen MR) is 193 cm³/mol. The number of hydrogen-bond donors (Lipinski definition) is 2. The fourth-order valence-electron chi connectivity index (χ4n) is 7.58. The zero-order valence-corrected chi connectivity index (χ0v) is 31.5. The first-order valence-corrected chi connectivity index (χ1v) is 20.0. The summed E-state index contributed by atoms with van der Waals surface area (Å²) in [5, 5.41) is 22.2. The molecule has 2 amide bonds. The molecule has 1 aliphatic carbocycles. The van der Waals surface area contributed by atoms with Crippen molar-refractivity contribution in [1.29, 1.82) is 0 Å². The van der Waals surface area contributed by atoms with E-state index in [2.05, 4.69) is 17.6 Å². The molecule has 0 spiro atoms. The maximum Gasteiger partial charge on any atom is 0.220 e. The summed E-state index contributed by atoms with van der Waals surface area (Å²) >= 11 is 0. The first-order valence-electron chi connectivity index (χ1n) is 20.0. The Bertz CT molecular complexity index is 818. The molecule has 0 aromatic rings. The van der Waals surface area contributed by atoms with E-state index in [1.165, 1.54) is 88.5 Å². The average molecular weight is 664 g/mol. The Morgan fingerprint density at radius 3 is 1.36 bits per heavy atom. The Balaban J connectivity index is 1.44. The quantitative estimate of drug-likeness (QED) is 0.0900. The van der Waals surface area contributed by atoms with E-state index in [0.29, 0.717) is 32.5 Å². The van der Waals surface area contributed by atoms with Gasteiger partial charge in [-0.15, -0.1) is 10.3 Å². The molecule has 0 aromatic carbocycles. The van der Waals surface area contributed by atoms with Gasteiger partial charge in [0.15, 0.2) is 0 Å². The van der Waals surface area contributed by atoms with E-state index in [4.69, 9.17) is 4.84 Å². The Hall–Kier alpha value is -1.22. The number of hydroxylamine groups is 4. The lowest BCUT2D eigenvalue weighted by atomic mass is 9.90. The Labute approximate surface area is 289 Å². The molecule has 47 heavy (non-hydrogen) atoms. The number of hydrogen-bond acceptors (Lipinski definition) is 5. The van der Waals surface area contributed by atoms with Crippen LogP contribution >= 0.6 is 0 Å². The van der Waals surface area contributed by atoms with E-state index < -0.39 is 11.1 Å². The van der Waals surface area contributed by atoms with Crippen molar-refractivity contribution in [3.63, 3.8) is 0 Å². The Morgan fingerprint density at radius 1 is 0.596 bits per heavy atom. The first kappa shape index (κ1) is 41.9. The summed E-state index contributed by atoms with van der Waals surface area (Å²) in [6.45, 7) is 12.2. The van der Waals surface area contributed by atoms with E-state index in [1.807, 2.05) is 32.8 Å². The van der Waals surface area contributed by atoms with Crippen LogP contribution in [0.5, 0.6) is 0 Å². The van der Waals surface area contributed by atoms with Gasteiger partial charge in [-0.25, -0.2) is 0 Å². The van der Waals surface area contributed by atoms with E-state index in [0.717, 1.165) is 64.2 Å². The van der Waals surface area contributed by atoms with Gasteiger partial charge >= 0.3 is 0 Å². The topological polar surface area (TPSA) is 93.8 Å². The zero-order valence-electron chi connectivity index (χ0n) is 31.5. The van der Waals surface area contributed by atoms with Crippen molar-refractivity contribution in [2.45, 2.75) is 218 Å². The molecule has 2 N–H and O–H groups in total. The summed E-state index contributed by atoms with van der Waals surface area (Å²) in [6, 6.07) is 0.163. The van der Waals surface area contributed by atoms with E-state index >= 15 is 0 Å². The largest absolute Gasteiger partial charge is 0.351 e. The smallest absolute Gasteiger partial charge is 0.220 e. The minimum absolute atomic E-state index is 0.0794. The second kappa shape index (κ2) is 24.0. The summed E-state index contributed by atoms with van der Waals surface area (Å²) < 4.78 is 0. The summed E-state index contributed by atoms with van der Waals surface area (Å²) in [5.74, 6) is 0.302. The van der Waals surface area contributed by atoms with Crippen molar-refractivity contribution < 1.29 is 19.6 Å². The van der Waals surface area contributed by atoms with Crippen LogP contribution in [0.3, 0.4) is 0 Å². The zero-order chi connectivity index (χ0) is 34.4. The third-order valence-electron chi connectivity index (χ3n) is 10.3. The molecule has 8 heteroatoms. The van der Waals surface area contributed by atoms with Crippen molar-refractivity contribution in [3.8, 4) is 0 Å². The molecular weight excluding hydrogens is 588 g/mol. The number of amides is 2. The minimum atomic E-state index is -0.441. The van der Waals surface area contributed by atoms with E-state index in [-0.39, 0.29) is 23.9 Å². The molecule has 1 saturated carbocycles. The molecule has 1 aliphatic heterocycles. The number of carbonyl (C=O) groups is 2. The van der Waals surface area contributed by atoms with Crippen LogP contribution in [0.15, 0.2) is 0 Å². The molecule has 0 unspecified atom stereocenters. The van der Waals surface area contributed by atoms with Gasteiger partial charge in [-0.05, 0) is 59.8 Å². The summed E-state index contributed by atoms with van der Waals surface area (Å²) in [6.07, 6.45) is 28.6. The molecule has 2 rings (SSSR count). The number of rotatable bonds is 26. The van der Waals surface area contributed by atoms with Crippen LogP contribution in [0.1, 0.15) is 195 Å². The average Bonchev–Trinajstić information content (AvgIpc) is 3.02. The second-order valence-corrected chi connectivity index (χ2v) is 16.0. The van der Waals surface area contributed by atoms with Gasteiger partial charge in [0.1, 0.15) is 0 Å². The molecule has 2 atom stereocenters. The molecule has 2 fully saturated rings. The van der Waals surface area contributed by atoms with E-state index in [1.54, 1.807) is 0 Å². The van der Waals surface area contributed by atoms with E-state index in [9.17, 15) is 14.8 Å². The highest BCUT2D eigenvalue weighted by molar-refractivity contribution is 5.77. The van der Waals surface area contributed by atoms with Gasteiger partial charge in [0.05, 0.1) is 17.7 Å². The molecular formula is C39H75N4O4. The van der Waals surface area contributed by atoms with Gasteiger partial charge in [-0.3, -0.25) is 14.4 Å². The van der Waals surface area contributed by atoms with Crippen LogP contribution in [-0.4, -0.2) is 64.8 Å². The van der Waals surface area contributed by atoms with Crippen LogP contribution in [0.25, 0.3) is 0 Å². The second-order valence-electron chi connectivity index (χ2n) is 16.0. The number of carbonyl (C=O) groups excluding carboxylic acids is 2. The number of piperazine rings is 1. The lowest BCUT2D eigenvalue weighted by molar-refractivity contribution is -0.335. The van der Waals surface area contributed by atoms with Crippen molar-refractivity contribution >= 4 is 11.8 Å². The predicted octanol–water partition coefficient (Wildman–Crippen LogP) is 9.19. The Kier molecular flexibility index (Phi) is 21.4. The lowest BCUT2D eigenvalue weighted by Crippen LogP contribution is -2.66. The summed E-state index contributed by atoms with van der Waals surface area (Å²) in [7, 11) is 0. The maximum absolute atomic E-state index is 12.7. The summed E-state index contributed by atoms with van der Waals surface area (Å²) in [4.78, 5) is 31.4. The molecule has 1 heterocycles. The molecule has 8 nitrogen and oxygen atoms in total. The first-order chi connectivity index (χ1) is 22.5. The minimum Gasteiger partial charge on any atom is -0.351 e.